The molecule has 0 amide bonds. The minimum atomic E-state index is -0.0107. The molecular weight excluding hydrogens is 164 g/mol. The molecule has 2 aliphatic rings. The van der Waals surface area contributed by atoms with E-state index in [0.29, 0.717) is 6.04 Å². The Kier molecular flexibility index (Phi) is 2.58. The van der Waals surface area contributed by atoms with Crippen LogP contribution in [-0.2, 0) is 0 Å². The third-order valence-electron chi connectivity index (χ3n) is 3.53. The number of likely N-dealkylation sites (tertiary alicyclic amines) is 1. The summed E-state index contributed by atoms with van der Waals surface area (Å²) in [4.78, 5) is 4.85. The molecule has 3 nitrogen and oxygen atoms in total. The monoisotopic (exact) mass is 184 g/mol. The van der Waals surface area contributed by atoms with Crippen LogP contribution in [0.3, 0.4) is 0 Å². The lowest BCUT2D eigenvalue weighted by Gasteiger charge is -2.38. The summed E-state index contributed by atoms with van der Waals surface area (Å²) < 4.78 is 0. The molecule has 1 aliphatic carbocycles. The van der Waals surface area contributed by atoms with Crippen LogP contribution in [0.2, 0.25) is 0 Å². The minimum absolute atomic E-state index is 0.0107. The summed E-state index contributed by atoms with van der Waals surface area (Å²) in [5, 5.41) is 9.22. The van der Waals surface area contributed by atoms with Crippen LogP contribution in [0.1, 0.15) is 19.3 Å². The summed E-state index contributed by atoms with van der Waals surface area (Å²) in [6.07, 6.45) is 3.28. The second-order valence-electron chi connectivity index (χ2n) is 4.68. The summed E-state index contributed by atoms with van der Waals surface area (Å²) in [6.45, 7) is 2.42. The molecule has 0 radical (unpaired) electrons. The van der Waals surface area contributed by atoms with Crippen molar-refractivity contribution < 1.29 is 5.11 Å². The van der Waals surface area contributed by atoms with Crippen molar-refractivity contribution in [2.75, 3.05) is 27.2 Å². The average Bonchev–Trinajstić information content (AvgIpc) is 2.46. The topological polar surface area (TPSA) is 26.7 Å². The zero-order valence-corrected chi connectivity index (χ0v) is 8.61. The molecule has 0 aromatic heterocycles. The minimum Gasteiger partial charge on any atom is -0.393 e. The van der Waals surface area contributed by atoms with Gasteiger partial charge in [-0.3, -0.25) is 4.90 Å². The van der Waals surface area contributed by atoms with Gasteiger partial charge in [-0.2, -0.15) is 0 Å². The van der Waals surface area contributed by atoms with E-state index in [9.17, 15) is 5.11 Å². The highest BCUT2D eigenvalue weighted by molar-refractivity contribution is 4.92. The zero-order valence-electron chi connectivity index (χ0n) is 8.61. The van der Waals surface area contributed by atoms with Gasteiger partial charge in [0, 0.05) is 25.2 Å². The van der Waals surface area contributed by atoms with Gasteiger partial charge in [0.2, 0.25) is 0 Å². The molecule has 3 heteroatoms. The maximum absolute atomic E-state index is 9.22. The molecule has 13 heavy (non-hydrogen) atoms. The number of hydrogen-bond acceptors (Lipinski definition) is 3. The van der Waals surface area contributed by atoms with E-state index in [4.69, 9.17) is 0 Å². The van der Waals surface area contributed by atoms with Crippen LogP contribution < -0.4 is 0 Å². The van der Waals surface area contributed by atoms with Crippen molar-refractivity contribution in [3.05, 3.63) is 0 Å². The number of hydrogen-bond donors (Lipinski definition) is 1. The van der Waals surface area contributed by atoms with Crippen LogP contribution in [-0.4, -0.2) is 60.3 Å². The number of rotatable bonds is 2. The van der Waals surface area contributed by atoms with E-state index < -0.39 is 0 Å². The summed E-state index contributed by atoms with van der Waals surface area (Å²) >= 11 is 0. The van der Waals surface area contributed by atoms with Gasteiger partial charge in [0.15, 0.2) is 0 Å². The van der Waals surface area contributed by atoms with Crippen molar-refractivity contribution in [3.8, 4) is 0 Å². The second kappa shape index (κ2) is 3.56. The standard InChI is InChI=1S/C10H20N2O/c1-11(2)8-3-4-12(7-8)9-5-10(13)6-9/h8-10,13H,3-7H2,1-2H3/t8-,9?,10?/m1/s1. The molecule has 2 rings (SSSR count). The third kappa shape index (κ3) is 1.87. The van der Waals surface area contributed by atoms with E-state index in [-0.39, 0.29) is 6.10 Å². The summed E-state index contributed by atoms with van der Waals surface area (Å²) in [7, 11) is 4.31. The van der Waals surface area contributed by atoms with Crippen molar-refractivity contribution in [3.63, 3.8) is 0 Å². The molecule has 0 bridgehead atoms. The van der Waals surface area contributed by atoms with Gasteiger partial charge in [-0.1, -0.05) is 0 Å². The molecule has 1 atom stereocenters. The van der Waals surface area contributed by atoms with Gasteiger partial charge < -0.3 is 10.0 Å². The molecule has 0 spiro atoms. The molecule has 0 unspecified atom stereocenters. The average molecular weight is 184 g/mol. The fraction of sp³-hybridized carbons (Fsp3) is 1.00. The fourth-order valence-corrected chi connectivity index (χ4v) is 2.38. The Hall–Kier alpha value is -0.120. The number of nitrogens with zero attached hydrogens (tertiary/aromatic N) is 2. The van der Waals surface area contributed by atoms with Gasteiger partial charge in [0.1, 0.15) is 0 Å². The van der Waals surface area contributed by atoms with E-state index in [2.05, 4.69) is 23.9 Å². The maximum Gasteiger partial charge on any atom is 0.0570 e. The normalized spacial score (nSPS) is 41.1. The van der Waals surface area contributed by atoms with Gasteiger partial charge in [-0.25, -0.2) is 0 Å². The first-order valence-corrected chi connectivity index (χ1v) is 5.25. The summed E-state index contributed by atoms with van der Waals surface area (Å²) in [5.74, 6) is 0. The maximum atomic E-state index is 9.22. The predicted octanol–water partition coefficient (Wildman–Crippen LogP) is 0.146. The van der Waals surface area contributed by atoms with Gasteiger partial charge in [0.25, 0.3) is 0 Å². The first kappa shape index (κ1) is 9.44. The van der Waals surface area contributed by atoms with E-state index in [1.807, 2.05) is 0 Å². The summed E-state index contributed by atoms with van der Waals surface area (Å²) in [6, 6.07) is 1.41. The largest absolute Gasteiger partial charge is 0.393 e. The lowest BCUT2D eigenvalue weighted by molar-refractivity contribution is 0.00925. The van der Waals surface area contributed by atoms with Gasteiger partial charge >= 0.3 is 0 Å². The third-order valence-corrected chi connectivity index (χ3v) is 3.53. The summed E-state index contributed by atoms with van der Waals surface area (Å²) in [5.41, 5.74) is 0. The van der Waals surface area contributed by atoms with Crippen LogP contribution in [0, 0.1) is 0 Å². The Labute approximate surface area is 80.3 Å². The molecule has 0 aromatic rings. The van der Waals surface area contributed by atoms with E-state index in [1.54, 1.807) is 0 Å². The molecule has 76 valence electrons. The van der Waals surface area contributed by atoms with Crippen molar-refractivity contribution in [2.24, 2.45) is 0 Å². The van der Waals surface area contributed by atoms with Gasteiger partial charge in [-0.05, 0) is 33.4 Å². The Morgan fingerprint density at radius 3 is 2.46 bits per heavy atom. The number of aliphatic hydroxyl groups is 1. The van der Waals surface area contributed by atoms with Crippen molar-refractivity contribution in [1.82, 2.24) is 9.80 Å². The molecule has 2 fully saturated rings. The zero-order chi connectivity index (χ0) is 9.42. The first-order chi connectivity index (χ1) is 6.16. The Bertz CT molecular complexity index is 178. The van der Waals surface area contributed by atoms with Crippen LogP contribution in [0.25, 0.3) is 0 Å². The SMILES string of the molecule is CN(C)[C@@H]1CCN(C2CC(O)C2)C1. The van der Waals surface area contributed by atoms with Crippen LogP contribution in [0.4, 0.5) is 0 Å². The lowest BCUT2D eigenvalue weighted by Crippen LogP contribution is -2.47. The van der Waals surface area contributed by atoms with Crippen LogP contribution in [0.5, 0.6) is 0 Å². The van der Waals surface area contributed by atoms with Gasteiger partial charge in [-0.15, -0.1) is 0 Å². The number of aliphatic hydroxyl groups excluding tert-OH is 1. The van der Waals surface area contributed by atoms with Crippen LogP contribution in [0.15, 0.2) is 0 Å². The van der Waals surface area contributed by atoms with Crippen molar-refractivity contribution >= 4 is 0 Å². The highest BCUT2D eigenvalue weighted by Crippen LogP contribution is 2.29. The van der Waals surface area contributed by atoms with Gasteiger partial charge in [0.05, 0.1) is 6.10 Å². The Morgan fingerprint density at radius 2 is 2.00 bits per heavy atom. The lowest BCUT2D eigenvalue weighted by atomic mass is 9.88. The van der Waals surface area contributed by atoms with Crippen molar-refractivity contribution in [2.45, 2.75) is 37.5 Å². The quantitative estimate of drug-likeness (QED) is 0.661. The smallest absolute Gasteiger partial charge is 0.0570 e. The van der Waals surface area contributed by atoms with E-state index in [0.717, 1.165) is 18.9 Å². The molecule has 1 saturated carbocycles. The molecule has 1 heterocycles. The molecule has 0 aromatic carbocycles. The highest BCUT2D eigenvalue weighted by Gasteiger charge is 2.36. The molecule has 1 aliphatic heterocycles. The van der Waals surface area contributed by atoms with E-state index >= 15 is 0 Å². The van der Waals surface area contributed by atoms with Crippen molar-refractivity contribution in [1.29, 1.82) is 0 Å². The molecular formula is C10H20N2O. The van der Waals surface area contributed by atoms with Crippen LogP contribution >= 0.6 is 0 Å². The van der Waals surface area contributed by atoms with E-state index in [1.165, 1.54) is 19.5 Å². The fourth-order valence-electron chi connectivity index (χ4n) is 2.38. The Morgan fingerprint density at radius 1 is 1.31 bits per heavy atom. The molecule has 1 N–H and O–H groups in total. The predicted molar refractivity (Wildman–Crippen MR) is 52.7 cm³/mol. The second-order valence-corrected chi connectivity index (χ2v) is 4.68. The Balaban J connectivity index is 1.78. The first-order valence-electron chi connectivity index (χ1n) is 5.25. The highest BCUT2D eigenvalue weighted by atomic mass is 16.3. The molecule has 1 saturated heterocycles. The number of likely N-dealkylation sites (N-methyl/N-ethyl adjacent to an activating group) is 1.